The minimum Gasteiger partial charge on any atom is -0.481 e. The molecule has 0 spiro atoms. The summed E-state index contributed by atoms with van der Waals surface area (Å²) in [4.78, 5) is 12.3. The third-order valence-electron chi connectivity index (χ3n) is 2.21. The molecule has 0 aromatic carbocycles. The number of hydrogen-bond acceptors (Lipinski definition) is 3. The van der Waals surface area contributed by atoms with Gasteiger partial charge in [-0.25, -0.2) is 0 Å². The summed E-state index contributed by atoms with van der Waals surface area (Å²) in [5.74, 6) is -0.785. The standard InChI is InChI=1S/C9H7NO2S/c10-4-5-1-2-8(13-5)6-3-7(6)9(11)12/h1-2,6-7H,3H2,(H,11,12). The molecular formula is C9H7NO2S. The second-order valence-corrected chi connectivity index (χ2v) is 4.22. The molecule has 0 amide bonds. The van der Waals surface area contributed by atoms with Crippen molar-refractivity contribution in [3.63, 3.8) is 0 Å². The maximum Gasteiger partial charge on any atom is 0.307 e. The van der Waals surface area contributed by atoms with Crippen LogP contribution in [-0.4, -0.2) is 11.1 Å². The van der Waals surface area contributed by atoms with Crippen molar-refractivity contribution < 1.29 is 9.90 Å². The van der Waals surface area contributed by atoms with Gasteiger partial charge in [0.1, 0.15) is 10.9 Å². The highest BCUT2D eigenvalue weighted by molar-refractivity contribution is 7.12. The highest BCUT2D eigenvalue weighted by Gasteiger charge is 2.44. The molecule has 1 aromatic rings. The number of aliphatic carboxylic acids is 1. The molecule has 2 rings (SSSR count). The second-order valence-electron chi connectivity index (χ2n) is 3.10. The number of hydrogen-bond donors (Lipinski definition) is 1. The SMILES string of the molecule is N#Cc1ccc(C2CC2C(=O)O)s1. The van der Waals surface area contributed by atoms with E-state index in [1.165, 1.54) is 11.3 Å². The van der Waals surface area contributed by atoms with E-state index in [2.05, 4.69) is 0 Å². The minimum absolute atomic E-state index is 0.157. The lowest BCUT2D eigenvalue weighted by molar-refractivity contribution is -0.138. The van der Waals surface area contributed by atoms with Crippen LogP contribution in [0.15, 0.2) is 12.1 Å². The van der Waals surface area contributed by atoms with E-state index in [0.717, 1.165) is 11.3 Å². The fourth-order valence-electron chi connectivity index (χ4n) is 1.39. The van der Waals surface area contributed by atoms with E-state index in [1.807, 2.05) is 12.1 Å². The first-order valence-electron chi connectivity index (χ1n) is 3.95. The summed E-state index contributed by atoms with van der Waals surface area (Å²) in [7, 11) is 0. The summed E-state index contributed by atoms with van der Waals surface area (Å²) in [6.07, 6.45) is 0.723. The van der Waals surface area contributed by atoms with Gasteiger partial charge in [0, 0.05) is 10.8 Å². The Bertz CT molecular complexity index is 391. The molecule has 13 heavy (non-hydrogen) atoms. The molecular weight excluding hydrogens is 186 g/mol. The third-order valence-corrected chi connectivity index (χ3v) is 3.33. The summed E-state index contributed by atoms with van der Waals surface area (Å²) in [5, 5.41) is 17.3. The van der Waals surface area contributed by atoms with E-state index in [4.69, 9.17) is 10.4 Å². The average molecular weight is 193 g/mol. The van der Waals surface area contributed by atoms with Crippen LogP contribution >= 0.6 is 11.3 Å². The van der Waals surface area contributed by atoms with E-state index in [0.29, 0.717) is 4.88 Å². The van der Waals surface area contributed by atoms with Crippen molar-refractivity contribution in [2.45, 2.75) is 12.3 Å². The molecule has 1 N–H and O–H groups in total. The Morgan fingerprint density at radius 1 is 1.69 bits per heavy atom. The molecule has 4 heteroatoms. The largest absolute Gasteiger partial charge is 0.481 e. The normalized spacial score (nSPS) is 25.2. The number of nitrogens with zero attached hydrogens (tertiary/aromatic N) is 1. The Morgan fingerprint density at radius 3 is 2.92 bits per heavy atom. The van der Waals surface area contributed by atoms with Crippen molar-refractivity contribution in [1.29, 1.82) is 5.26 Å². The molecule has 1 aliphatic carbocycles. The maximum absolute atomic E-state index is 10.6. The Hall–Kier alpha value is -1.34. The topological polar surface area (TPSA) is 61.1 Å². The zero-order valence-electron chi connectivity index (χ0n) is 6.73. The van der Waals surface area contributed by atoms with E-state index in [1.54, 1.807) is 6.07 Å². The van der Waals surface area contributed by atoms with Crippen LogP contribution in [-0.2, 0) is 4.79 Å². The van der Waals surface area contributed by atoms with Gasteiger partial charge in [0.25, 0.3) is 0 Å². The van der Waals surface area contributed by atoms with Crippen molar-refractivity contribution in [3.8, 4) is 6.07 Å². The van der Waals surface area contributed by atoms with Gasteiger partial charge in [-0.2, -0.15) is 5.26 Å². The summed E-state index contributed by atoms with van der Waals surface area (Å²) < 4.78 is 0. The molecule has 1 saturated carbocycles. The lowest BCUT2D eigenvalue weighted by atomic mass is 10.3. The average Bonchev–Trinajstić information content (AvgIpc) is 2.78. The van der Waals surface area contributed by atoms with E-state index >= 15 is 0 Å². The Balaban J connectivity index is 2.13. The van der Waals surface area contributed by atoms with Crippen LogP contribution in [0.4, 0.5) is 0 Å². The lowest BCUT2D eigenvalue weighted by Gasteiger charge is -1.89. The number of thiophene rings is 1. The van der Waals surface area contributed by atoms with E-state index in [-0.39, 0.29) is 11.8 Å². The Labute approximate surface area is 79.2 Å². The molecule has 1 aromatic heterocycles. The number of rotatable bonds is 2. The van der Waals surface area contributed by atoms with Gasteiger partial charge in [-0.05, 0) is 18.6 Å². The van der Waals surface area contributed by atoms with Crippen LogP contribution in [0.2, 0.25) is 0 Å². The molecule has 0 aliphatic heterocycles. The first-order chi connectivity index (χ1) is 6.22. The molecule has 0 saturated heterocycles. The zero-order chi connectivity index (χ0) is 9.42. The number of carboxylic acids is 1. The quantitative estimate of drug-likeness (QED) is 0.779. The van der Waals surface area contributed by atoms with Crippen LogP contribution in [0.5, 0.6) is 0 Å². The van der Waals surface area contributed by atoms with Crippen molar-refractivity contribution in [1.82, 2.24) is 0 Å². The van der Waals surface area contributed by atoms with Crippen LogP contribution in [0.3, 0.4) is 0 Å². The van der Waals surface area contributed by atoms with Crippen LogP contribution in [0, 0.1) is 17.2 Å². The van der Waals surface area contributed by atoms with Crippen LogP contribution < -0.4 is 0 Å². The second kappa shape index (κ2) is 2.86. The maximum atomic E-state index is 10.6. The Morgan fingerprint density at radius 2 is 2.46 bits per heavy atom. The lowest BCUT2D eigenvalue weighted by Crippen LogP contribution is -1.97. The van der Waals surface area contributed by atoms with Crippen molar-refractivity contribution in [3.05, 3.63) is 21.9 Å². The minimum atomic E-state index is -0.725. The smallest absolute Gasteiger partial charge is 0.307 e. The third kappa shape index (κ3) is 1.43. The fourth-order valence-corrected chi connectivity index (χ4v) is 2.38. The number of carboxylic acid groups (broad SMARTS) is 1. The van der Waals surface area contributed by atoms with Gasteiger partial charge in [0.15, 0.2) is 0 Å². The first-order valence-corrected chi connectivity index (χ1v) is 4.76. The highest BCUT2D eigenvalue weighted by atomic mass is 32.1. The van der Waals surface area contributed by atoms with Gasteiger partial charge < -0.3 is 5.11 Å². The van der Waals surface area contributed by atoms with E-state index < -0.39 is 5.97 Å². The molecule has 1 aliphatic rings. The summed E-state index contributed by atoms with van der Waals surface area (Å²) in [6, 6.07) is 5.65. The number of carbonyl (C=O) groups is 1. The van der Waals surface area contributed by atoms with Crippen LogP contribution in [0.1, 0.15) is 22.1 Å². The van der Waals surface area contributed by atoms with Gasteiger partial charge in [0.05, 0.1) is 5.92 Å². The molecule has 1 fully saturated rings. The monoisotopic (exact) mass is 193 g/mol. The highest BCUT2D eigenvalue weighted by Crippen LogP contribution is 2.49. The van der Waals surface area contributed by atoms with Gasteiger partial charge in [0.2, 0.25) is 0 Å². The number of nitriles is 1. The first kappa shape index (κ1) is 8.27. The van der Waals surface area contributed by atoms with Crippen molar-refractivity contribution >= 4 is 17.3 Å². The molecule has 2 atom stereocenters. The predicted molar refractivity (Wildman–Crippen MR) is 47.5 cm³/mol. The molecule has 1 heterocycles. The Kier molecular flexibility index (Phi) is 1.82. The van der Waals surface area contributed by atoms with Crippen LogP contribution in [0.25, 0.3) is 0 Å². The van der Waals surface area contributed by atoms with Gasteiger partial charge >= 0.3 is 5.97 Å². The summed E-state index contributed by atoms with van der Waals surface area (Å²) in [5.41, 5.74) is 0. The molecule has 2 unspecified atom stereocenters. The molecule has 66 valence electrons. The van der Waals surface area contributed by atoms with Gasteiger partial charge in [-0.1, -0.05) is 0 Å². The van der Waals surface area contributed by atoms with Crippen molar-refractivity contribution in [2.24, 2.45) is 5.92 Å². The van der Waals surface area contributed by atoms with E-state index in [9.17, 15) is 4.79 Å². The molecule has 0 radical (unpaired) electrons. The van der Waals surface area contributed by atoms with Gasteiger partial charge in [-0.3, -0.25) is 4.79 Å². The summed E-state index contributed by atoms with van der Waals surface area (Å²) >= 11 is 1.40. The van der Waals surface area contributed by atoms with Crippen molar-refractivity contribution in [2.75, 3.05) is 0 Å². The predicted octanol–water partition coefficient (Wildman–Crippen LogP) is 1.81. The zero-order valence-corrected chi connectivity index (χ0v) is 7.54. The fraction of sp³-hybridized carbons (Fsp3) is 0.333. The molecule has 0 bridgehead atoms. The van der Waals surface area contributed by atoms with Gasteiger partial charge in [-0.15, -0.1) is 11.3 Å². The summed E-state index contributed by atoms with van der Waals surface area (Å²) in [6.45, 7) is 0. The molecule has 3 nitrogen and oxygen atoms in total.